The fourth-order valence-corrected chi connectivity index (χ4v) is 3.80. The van der Waals surface area contributed by atoms with E-state index >= 15 is 0 Å². The molecule has 1 aromatic carbocycles. The Morgan fingerprint density at radius 2 is 2.10 bits per heavy atom. The van der Waals surface area contributed by atoms with Crippen LogP contribution in [0.4, 0.5) is 5.69 Å². The van der Waals surface area contributed by atoms with Gasteiger partial charge in [0.1, 0.15) is 5.70 Å². The molecule has 21 heavy (non-hydrogen) atoms. The molecule has 1 atom stereocenters. The number of β-lactam (4-membered cyclic amide) rings is 1. The number of carboxylic acid groups (broad SMARTS) is 1. The van der Waals surface area contributed by atoms with Crippen LogP contribution in [-0.2, 0) is 16.0 Å². The molecular formula is C13H10N2O5S. The monoisotopic (exact) mass is 306 g/mol. The molecule has 2 aliphatic heterocycles. The number of rotatable bonds is 4. The number of nitrogens with zero attached hydrogens (tertiary/aromatic N) is 2. The summed E-state index contributed by atoms with van der Waals surface area (Å²) in [5, 5.41) is 19.7. The van der Waals surface area contributed by atoms with Crippen molar-refractivity contribution in [2.24, 2.45) is 0 Å². The highest BCUT2D eigenvalue weighted by Gasteiger charge is 2.48. The fourth-order valence-electron chi connectivity index (χ4n) is 2.37. The van der Waals surface area contributed by atoms with Crippen molar-refractivity contribution in [2.45, 2.75) is 18.2 Å². The Morgan fingerprint density at radius 3 is 2.62 bits per heavy atom. The highest BCUT2D eigenvalue weighted by atomic mass is 32.2. The number of aliphatic carboxylic acids is 1. The highest BCUT2D eigenvalue weighted by molar-refractivity contribution is 8.04. The summed E-state index contributed by atoms with van der Waals surface area (Å²) in [4.78, 5) is 34.9. The van der Waals surface area contributed by atoms with Crippen molar-refractivity contribution < 1.29 is 19.6 Å². The van der Waals surface area contributed by atoms with E-state index in [0.717, 1.165) is 5.56 Å². The number of nitro benzene ring substituents is 1. The third-order valence-corrected chi connectivity index (χ3v) is 4.68. The number of allylic oxidation sites excluding steroid dienone is 1. The Balaban J connectivity index is 1.85. The van der Waals surface area contributed by atoms with Crippen molar-refractivity contribution in [3.63, 3.8) is 0 Å². The molecule has 0 saturated carbocycles. The lowest BCUT2D eigenvalue weighted by atomic mass is 10.1. The lowest BCUT2D eigenvalue weighted by molar-refractivity contribution is -0.384. The van der Waals surface area contributed by atoms with Crippen LogP contribution in [-0.4, -0.2) is 32.2 Å². The van der Waals surface area contributed by atoms with Gasteiger partial charge in [0.25, 0.3) is 5.69 Å². The SMILES string of the molecule is O=C(O)C1=C(Cc2ccc([N+](=O)[O-])cc2)S[C@@H]2CC(=O)N12. The summed E-state index contributed by atoms with van der Waals surface area (Å²) >= 11 is 1.38. The van der Waals surface area contributed by atoms with Crippen molar-refractivity contribution in [2.75, 3.05) is 0 Å². The van der Waals surface area contributed by atoms with Crippen LogP contribution in [0.3, 0.4) is 0 Å². The number of benzene rings is 1. The molecule has 2 heterocycles. The summed E-state index contributed by atoms with van der Waals surface area (Å²) in [6, 6.07) is 5.97. The van der Waals surface area contributed by atoms with Crippen LogP contribution < -0.4 is 0 Å². The summed E-state index contributed by atoms with van der Waals surface area (Å²) in [6.07, 6.45) is 0.704. The van der Waals surface area contributed by atoms with Gasteiger partial charge in [-0.25, -0.2) is 4.79 Å². The molecule has 0 radical (unpaired) electrons. The maximum atomic E-state index is 11.5. The fraction of sp³-hybridized carbons (Fsp3) is 0.231. The largest absolute Gasteiger partial charge is 0.477 e. The van der Waals surface area contributed by atoms with E-state index in [9.17, 15) is 24.8 Å². The molecule has 3 rings (SSSR count). The predicted molar refractivity (Wildman–Crippen MR) is 74.3 cm³/mol. The highest BCUT2D eigenvalue weighted by Crippen LogP contribution is 2.47. The van der Waals surface area contributed by atoms with Crippen LogP contribution in [0.2, 0.25) is 0 Å². The van der Waals surface area contributed by atoms with Crippen LogP contribution in [0.15, 0.2) is 34.9 Å². The number of amides is 1. The summed E-state index contributed by atoms with van der Waals surface area (Å²) in [7, 11) is 0. The van der Waals surface area contributed by atoms with Crippen LogP contribution >= 0.6 is 11.8 Å². The summed E-state index contributed by atoms with van der Waals surface area (Å²) < 4.78 is 0. The smallest absolute Gasteiger partial charge is 0.353 e. The number of nitro groups is 1. The average molecular weight is 306 g/mol. The van der Waals surface area contributed by atoms with Crippen molar-refractivity contribution in [3.8, 4) is 0 Å². The van der Waals surface area contributed by atoms with Gasteiger partial charge in [0.15, 0.2) is 0 Å². The first-order valence-corrected chi connectivity index (χ1v) is 7.04. The van der Waals surface area contributed by atoms with Gasteiger partial charge in [0, 0.05) is 23.5 Å². The number of carboxylic acids is 1. The molecule has 8 heteroatoms. The molecule has 1 saturated heterocycles. The van der Waals surface area contributed by atoms with E-state index in [1.165, 1.54) is 28.8 Å². The third-order valence-electron chi connectivity index (χ3n) is 3.40. The van der Waals surface area contributed by atoms with Gasteiger partial charge < -0.3 is 5.11 Å². The zero-order valence-corrected chi connectivity index (χ0v) is 11.5. The summed E-state index contributed by atoms with van der Waals surface area (Å²) in [6.45, 7) is 0. The molecule has 0 spiro atoms. The minimum atomic E-state index is -1.12. The number of carbonyl (C=O) groups is 2. The van der Waals surface area contributed by atoms with E-state index in [1.54, 1.807) is 12.1 Å². The number of thioether (sulfide) groups is 1. The van der Waals surface area contributed by atoms with Gasteiger partial charge >= 0.3 is 5.97 Å². The standard InChI is InChI=1S/C13H10N2O5S/c16-10-6-11-14(10)12(13(17)18)9(21-11)5-7-1-3-8(4-2-7)15(19)20/h1-4,11H,5-6H2,(H,17,18)/t11-/m1/s1. The molecule has 0 bridgehead atoms. The second kappa shape index (κ2) is 4.88. The molecule has 1 fully saturated rings. The Morgan fingerprint density at radius 1 is 1.43 bits per heavy atom. The molecule has 2 aliphatic rings. The van der Waals surface area contributed by atoms with Crippen LogP contribution in [0.25, 0.3) is 0 Å². The molecule has 1 aromatic rings. The second-order valence-electron chi connectivity index (χ2n) is 4.72. The molecule has 7 nitrogen and oxygen atoms in total. The van der Waals surface area contributed by atoms with Crippen LogP contribution in [0.1, 0.15) is 12.0 Å². The zero-order valence-electron chi connectivity index (χ0n) is 10.7. The van der Waals surface area contributed by atoms with E-state index in [4.69, 9.17) is 0 Å². The van der Waals surface area contributed by atoms with E-state index in [2.05, 4.69) is 0 Å². The van der Waals surface area contributed by atoms with Crippen molar-refractivity contribution >= 4 is 29.3 Å². The van der Waals surface area contributed by atoms with Crippen molar-refractivity contribution in [3.05, 3.63) is 50.5 Å². The number of hydrogen-bond donors (Lipinski definition) is 1. The Kier molecular flexibility index (Phi) is 3.17. The molecule has 1 amide bonds. The predicted octanol–water partition coefficient (Wildman–Crippen LogP) is 1.74. The second-order valence-corrected chi connectivity index (χ2v) is 5.99. The molecule has 0 aromatic heterocycles. The number of non-ortho nitro benzene ring substituents is 1. The van der Waals surface area contributed by atoms with Gasteiger partial charge in [0.2, 0.25) is 5.91 Å². The van der Waals surface area contributed by atoms with Crippen LogP contribution in [0.5, 0.6) is 0 Å². The quantitative estimate of drug-likeness (QED) is 0.516. The first-order valence-electron chi connectivity index (χ1n) is 6.16. The zero-order chi connectivity index (χ0) is 15.1. The molecular weight excluding hydrogens is 296 g/mol. The van der Waals surface area contributed by atoms with E-state index in [0.29, 0.717) is 17.7 Å². The van der Waals surface area contributed by atoms with E-state index in [-0.39, 0.29) is 22.7 Å². The lowest BCUT2D eigenvalue weighted by Gasteiger charge is -2.33. The van der Waals surface area contributed by atoms with Crippen molar-refractivity contribution in [1.82, 2.24) is 4.90 Å². The maximum absolute atomic E-state index is 11.5. The minimum Gasteiger partial charge on any atom is -0.477 e. The summed E-state index contributed by atoms with van der Waals surface area (Å²) in [5.74, 6) is -1.29. The van der Waals surface area contributed by atoms with Gasteiger partial charge in [0.05, 0.1) is 16.7 Å². The van der Waals surface area contributed by atoms with E-state index in [1.807, 2.05) is 0 Å². The molecule has 1 N–H and O–H groups in total. The average Bonchev–Trinajstić information content (AvgIpc) is 2.72. The lowest BCUT2D eigenvalue weighted by Crippen LogP contribution is -2.48. The molecule has 108 valence electrons. The number of carbonyl (C=O) groups excluding carboxylic acids is 1. The Labute approximate surface area is 123 Å². The molecule has 0 unspecified atom stereocenters. The van der Waals surface area contributed by atoms with E-state index < -0.39 is 10.9 Å². The Hall–Kier alpha value is -2.35. The number of hydrogen-bond acceptors (Lipinski definition) is 5. The van der Waals surface area contributed by atoms with Gasteiger partial charge in [-0.05, 0) is 5.56 Å². The van der Waals surface area contributed by atoms with Gasteiger partial charge in [-0.3, -0.25) is 19.8 Å². The third kappa shape index (κ3) is 2.27. The first kappa shape index (κ1) is 13.6. The maximum Gasteiger partial charge on any atom is 0.353 e. The topological polar surface area (TPSA) is 101 Å². The molecule has 0 aliphatic carbocycles. The minimum absolute atomic E-state index is 0.00994. The summed E-state index contributed by atoms with van der Waals surface area (Å²) in [5.41, 5.74) is 0.806. The van der Waals surface area contributed by atoms with Crippen molar-refractivity contribution in [1.29, 1.82) is 0 Å². The van der Waals surface area contributed by atoms with Gasteiger partial charge in [-0.2, -0.15) is 0 Å². The van der Waals surface area contributed by atoms with Gasteiger partial charge in [-0.1, -0.05) is 12.1 Å². The number of fused-ring (bicyclic) bond motifs is 1. The normalized spacial score (nSPS) is 20.3. The Bertz CT molecular complexity index is 682. The van der Waals surface area contributed by atoms with Crippen LogP contribution in [0, 0.1) is 10.1 Å². The van der Waals surface area contributed by atoms with Gasteiger partial charge in [-0.15, -0.1) is 11.8 Å². The first-order chi connectivity index (χ1) is 9.97.